The van der Waals surface area contributed by atoms with Crippen molar-refractivity contribution < 1.29 is 4.74 Å². The van der Waals surface area contributed by atoms with Crippen LogP contribution in [-0.4, -0.2) is 6.61 Å². The maximum atomic E-state index is 5.68. The summed E-state index contributed by atoms with van der Waals surface area (Å²) in [7, 11) is 0. The van der Waals surface area contributed by atoms with Gasteiger partial charge in [0, 0.05) is 12.0 Å². The fraction of sp³-hybridized carbons (Fsp3) is 0.143. The molecular formula is C14H12O. The summed E-state index contributed by atoms with van der Waals surface area (Å²) < 4.78 is 5.68. The molecule has 2 aromatic carbocycles. The van der Waals surface area contributed by atoms with Gasteiger partial charge in [0.15, 0.2) is 0 Å². The summed E-state index contributed by atoms with van der Waals surface area (Å²) in [6.07, 6.45) is 1.04. The molecule has 0 unspecified atom stereocenters. The Morgan fingerprint density at radius 1 is 0.867 bits per heavy atom. The molecule has 1 nitrogen and oxygen atoms in total. The lowest BCUT2D eigenvalue weighted by Gasteiger charge is -2.07. The minimum absolute atomic E-state index is 0.819. The normalized spacial score (nSPS) is 13.3. The molecule has 0 saturated heterocycles. The minimum atomic E-state index is 0.819. The molecule has 0 fully saturated rings. The molecule has 1 heterocycles. The first kappa shape index (κ1) is 8.54. The molecule has 1 heteroatoms. The molecular weight excluding hydrogens is 184 g/mol. The van der Waals surface area contributed by atoms with E-state index in [1.807, 2.05) is 6.07 Å². The second-order valence-corrected chi connectivity index (χ2v) is 3.76. The van der Waals surface area contributed by atoms with Gasteiger partial charge in [-0.15, -0.1) is 0 Å². The predicted octanol–water partition coefficient (Wildman–Crippen LogP) is 3.29. The smallest absolute Gasteiger partial charge is 0.130 e. The van der Waals surface area contributed by atoms with Crippen molar-refractivity contribution in [2.24, 2.45) is 0 Å². The van der Waals surface area contributed by atoms with Crippen molar-refractivity contribution in [2.75, 3.05) is 6.61 Å². The van der Waals surface area contributed by atoms with Crippen LogP contribution in [0.3, 0.4) is 0 Å². The molecule has 0 radical (unpaired) electrons. The monoisotopic (exact) mass is 196 g/mol. The van der Waals surface area contributed by atoms with Crippen LogP contribution in [0, 0.1) is 0 Å². The van der Waals surface area contributed by atoms with Crippen molar-refractivity contribution in [1.29, 1.82) is 0 Å². The van der Waals surface area contributed by atoms with E-state index in [2.05, 4.69) is 42.5 Å². The SMILES string of the molecule is c1ccc(-c2cccc3c2OCC3)cc1. The minimum Gasteiger partial charge on any atom is -0.492 e. The van der Waals surface area contributed by atoms with Crippen LogP contribution in [-0.2, 0) is 6.42 Å². The van der Waals surface area contributed by atoms with Crippen LogP contribution in [0.4, 0.5) is 0 Å². The van der Waals surface area contributed by atoms with E-state index in [4.69, 9.17) is 4.74 Å². The highest BCUT2D eigenvalue weighted by Gasteiger charge is 2.16. The number of benzene rings is 2. The topological polar surface area (TPSA) is 9.23 Å². The van der Waals surface area contributed by atoms with Gasteiger partial charge in [0.05, 0.1) is 6.61 Å². The quantitative estimate of drug-likeness (QED) is 0.680. The highest BCUT2D eigenvalue weighted by atomic mass is 16.5. The Bertz CT molecular complexity index is 474. The Morgan fingerprint density at radius 3 is 2.60 bits per heavy atom. The predicted molar refractivity (Wildman–Crippen MR) is 61.1 cm³/mol. The first-order valence-corrected chi connectivity index (χ1v) is 5.25. The van der Waals surface area contributed by atoms with Crippen LogP contribution in [0.25, 0.3) is 11.1 Å². The zero-order valence-corrected chi connectivity index (χ0v) is 8.44. The number of ether oxygens (including phenoxy) is 1. The van der Waals surface area contributed by atoms with Crippen molar-refractivity contribution in [2.45, 2.75) is 6.42 Å². The van der Waals surface area contributed by atoms with Gasteiger partial charge in [-0.05, 0) is 11.1 Å². The van der Waals surface area contributed by atoms with E-state index in [0.717, 1.165) is 18.8 Å². The summed E-state index contributed by atoms with van der Waals surface area (Å²) in [6, 6.07) is 16.8. The molecule has 0 spiro atoms. The molecule has 0 N–H and O–H groups in total. The second kappa shape index (κ2) is 3.43. The summed E-state index contributed by atoms with van der Waals surface area (Å²) in [6.45, 7) is 0.819. The van der Waals surface area contributed by atoms with Gasteiger partial charge < -0.3 is 4.74 Å². The number of hydrogen-bond donors (Lipinski definition) is 0. The van der Waals surface area contributed by atoms with Crippen LogP contribution in [0.5, 0.6) is 5.75 Å². The van der Waals surface area contributed by atoms with E-state index in [9.17, 15) is 0 Å². The summed E-state index contributed by atoms with van der Waals surface area (Å²) >= 11 is 0. The lowest BCUT2D eigenvalue weighted by molar-refractivity contribution is 0.358. The van der Waals surface area contributed by atoms with Crippen LogP contribution in [0.15, 0.2) is 48.5 Å². The Morgan fingerprint density at radius 2 is 1.73 bits per heavy atom. The van der Waals surface area contributed by atoms with Gasteiger partial charge in [0.2, 0.25) is 0 Å². The molecule has 0 aliphatic carbocycles. The molecule has 74 valence electrons. The van der Waals surface area contributed by atoms with Gasteiger partial charge in [-0.2, -0.15) is 0 Å². The van der Waals surface area contributed by atoms with E-state index in [1.165, 1.54) is 16.7 Å². The van der Waals surface area contributed by atoms with Crippen molar-refractivity contribution >= 4 is 0 Å². The van der Waals surface area contributed by atoms with E-state index in [1.54, 1.807) is 0 Å². The van der Waals surface area contributed by atoms with Crippen molar-refractivity contribution in [3.8, 4) is 16.9 Å². The van der Waals surface area contributed by atoms with Crippen LogP contribution in [0.1, 0.15) is 5.56 Å². The second-order valence-electron chi connectivity index (χ2n) is 3.76. The van der Waals surface area contributed by atoms with Gasteiger partial charge in [0.1, 0.15) is 5.75 Å². The fourth-order valence-corrected chi connectivity index (χ4v) is 2.06. The highest BCUT2D eigenvalue weighted by molar-refractivity contribution is 5.72. The average Bonchev–Trinajstić information content (AvgIpc) is 2.78. The first-order chi connectivity index (χ1) is 7.45. The van der Waals surface area contributed by atoms with Crippen molar-refractivity contribution in [3.63, 3.8) is 0 Å². The Hall–Kier alpha value is -1.76. The largest absolute Gasteiger partial charge is 0.492 e. The zero-order chi connectivity index (χ0) is 10.1. The summed E-state index contributed by atoms with van der Waals surface area (Å²) in [4.78, 5) is 0. The van der Waals surface area contributed by atoms with Crippen LogP contribution < -0.4 is 4.74 Å². The summed E-state index contributed by atoms with van der Waals surface area (Å²) in [5.74, 6) is 1.07. The van der Waals surface area contributed by atoms with Gasteiger partial charge >= 0.3 is 0 Å². The van der Waals surface area contributed by atoms with Crippen LogP contribution >= 0.6 is 0 Å². The zero-order valence-electron chi connectivity index (χ0n) is 8.44. The third-order valence-electron chi connectivity index (χ3n) is 2.80. The molecule has 3 rings (SSSR count). The lowest BCUT2D eigenvalue weighted by atomic mass is 10.0. The fourth-order valence-electron chi connectivity index (χ4n) is 2.06. The van der Waals surface area contributed by atoms with E-state index in [-0.39, 0.29) is 0 Å². The highest BCUT2D eigenvalue weighted by Crippen LogP contribution is 2.36. The average molecular weight is 196 g/mol. The first-order valence-electron chi connectivity index (χ1n) is 5.25. The standard InChI is InChI=1S/C14H12O/c1-2-5-11(6-3-1)13-8-4-7-12-9-10-15-14(12)13/h1-8H,9-10H2. The maximum absolute atomic E-state index is 5.68. The number of fused-ring (bicyclic) bond motifs is 1. The number of rotatable bonds is 1. The van der Waals surface area contributed by atoms with Gasteiger partial charge in [-0.25, -0.2) is 0 Å². The molecule has 1 aliphatic rings. The van der Waals surface area contributed by atoms with Crippen molar-refractivity contribution in [3.05, 3.63) is 54.1 Å². The molecule has 0 aromatic heterocycles. The van der Waals surface area contributed by atoms with E-state index in [0.29, 0.717) is 0 Å². The van der Waals surface area contributed by atoms with E-state index >= 15 is 0 Å². The summed E-state index contributed by atoms with van der Waals surface area (Å²) in [5, 5.41) is 0. The number of hydrogen-bond acceptors (Lipinski definition) is 1. The molecule has 0 bridgehead atoms. The summed E-state index contributed by atoms with van der Waals surface area (Å²) in [5.41, 5.74) is 3.78. The molecule has 15 heavy (non-hydrogen) atoms. The molecule has 0 atom stereocenters. The van der Waals surface area contributed by atoms with Crippen LogP contribution in [0.2, 0.25) is 0 Å². The molecule has 0 saturated carbocycles. The molecule has 2 aromatic rings. The molecule has 1 aliphatic heterocycles. The Balaban J connectivity index is 2.17. The van der Waals surface area contributed by atoms with Gasteiger partial charge in [-0.1, -0.05) is 48.5 Å². The van der Waals surface area contributed by atoms with Gasteiger partial charge in [0.25, 0.3) is 0 Å². The number of para-hydroxylation sites is 1. The third-order valence-corrected chi connectivity index (χ3v) is 2.80. The molecule has 0 amide bonds. The van der Waals surface area contributed by atoms with E-state index < -0.39 is 0 Å². The van der Waals surface area contributed by atoms with Gasteiger partial charge in [-0.3, -0.25) is 0 Å². The maximum Gasteiger partial charge on any atom is 0.130 e. The van der Waals surface area contributed by atoms with Crippen molar-refractivity contribution in [1.82, 2.24) is 0 Å². The lowest BCUT2D eigenvalue weighted by Crippen LogP contribution is -1.88. The Kier molecular flexibility index (Phi) is 1.95. The Labute approximate surface area is 89.3 Å². The third kappa shape index (κ3) is 1.40.